The molecule has 1 rings (SSSR count). The van der Waals surface area contributed by atoms with Crippen molar-refractivity contribution in [3.8, 4) is 0 Å². The Hall–Kier alpha value is 0.246. The minimum atomic E-state index is 0.160. The molecule has 0 saturated carbocycles. The second kappa shape index (κ2) is 2.69. The van der Waals surface area contributed by atoms with Gasteiger partial charge in [-0.15, -0.1) is 0 Å². The standard InChI is InChI=1S/C6H7.CH3.Mg/c1-6-4-2-3-5-6;;/h2,4H,3H2,1H3;1H3;. The van der Waals surface area contributed by atoms with Crippen molar-refractivity contribution >= 4 is 20.4 Å². The molecule has 0 spiro atoms. The van der Waals surface area contributed by atoms with Gasteiger partial charge in [-0.25, -0.2) is 0 Å². The lowest BCUT2D eigenvalue weighted by Gasteiger charge is -1.94. The van der Waals surface area contributed by atoms with Gasteiger partial charge in [-0.05, 0) is 13.3 Å². The number of hydrogen-bond donors (Lipinski definition) is 0. The van der Waals surface area contributed by atoms with E-state index in [-0.39, 0.29) is 20.4 Å². The van der Waals surface area contributed by atoms with E-state index in [1.165, 1.54) is 6.42 Å². The van der Waals surface area contributed by atoms with Gasteiger partial charge in [0, 0.05) is 0 Å². The lowest BCUT2D eigenvalue weighted by Crippen LogP contribution is -1.87. The molecule has 0 amide bonds. The third-order valence-electron chi connectivity index (χ3n) is 1.72. The summed E-state index contributed by atoms with van der Waals surface area (Å²) in [6, 6.07) is 0. The summed E-state index contributed by atoms with van der Waals surface area (Å²) in [5.74, 6) is 0. The molecular weight excluding hydrogens is 108 g/mol. The van der Waals surface area contributed by atoms with Crippen LogP contribution < -0.4 is 0 Å². The molecule has 0 nitrogen and oxygen atoms in total. The van der Waals surface area contributed by atoms with Gasteiger partial charge < -0.3 is 0 Å². The van der Waals surface area contributed by atoms with Gasteiger partial charge in [0.2, 0.25) is 0 Å². The SMILES string of the molecule is [CH3][Mg][C]1=C(C)C=CC1. The molecule has 40 valence electrons. The fourth-order valence-electron chi connectivity index (χ4n) is 1.08. The van der Waals surface area contributed by atoms with E-state index in [1.807, 2.05) is 0 Å². The lowest BCUT2D eigenvalue weighted by molar-refractivity contribution is 1.36. The highest BCUT2D eigenvalue weighted by Crippen LogP contribution is 2.16. The average molecular weight is 118 g/mol. The van der Waals surface area contributed by atoms with Crippen LogP contribution in [0.25, 0.3) is 0 Å². The van der Waals surface area contributed by atoms with Gasteiger partial charge in [0.15, 0.2) is 0 Å². The Morgan fingerprint density at radius 2 is 2.38 bits per heavy atom. The molecule has 1 heteroatoms. The molecule has 0 atom stereocenters. The van der Waals surface area contributed by atoms with Gasteiger partial charge in [-0.1, -0.05) is 17.7 Å². The molecule has 0 fully saturated rings. The van der Waals surface area contributed by atoms with Crippen molar-refractivity contribution in [3.05, 3.63) is 21.4 Å². The predicted octanol–water partition coefficient (Wildman–Crippen LogP) is 1.97. The number of allylic oxidation sites excluding steroid dienone is 4. The van der Waals surface area contributed by atoms with E-state index in [4.69, 9.17) is 0 Å². The second-order valence-electron chi connectivity index (χ2n) is 2.25. The van der Waals surface area contributed by atoms with Crippen LogP contribution in [-0.4, -0.2) is 20.4 Å². The molecule has 1 aliphatic rings. The van der Waals surface area contributed by atoms with Crippen LogP contribution in [0.3, 0.4) is 0 Å². The van der Waals surface area contributed by atoms with Gasteiger partial charge in [0.1, 0.15) is 0 Å². The molecule has 0 bridgehead atoms. The summed E-state index contributed by atoms with van der Waals surface area (Å²) in [4.78, 5) is 0. The Labute approximate surface area is 60.4 Å². The van der Waals surface area contributed by atoms with E-state index in [2.05, 4.69) is 24.1 Å². The van der Waals surface area contributed by atoms with E-state index < -0.39 is 0 Å². The Kier molecular flexibility index (Phi) is 2.14. The maximum Gasteiger partial charge on any atom is 0.399 e. The summed E-state index contributed by atoms with van der Waals surface area (Å²) in [7, 11) is 0. The zero-order chi connectivity index (χ0) is 5.98. The van der Waals surface area contributed by atoms with Crippen molar-refractivity contribution < 1.29 is 0 Å². The fourth-order valence-corrected chi connectivity index (χ4v) is 2.21. The van der Waals surface area contributed by atoms with Crippen molar-refractivity contribution in [2.75, 3.05) is 0 Å². The summed E-state index contributed by atoms with van der Waals surface area (Å²) in [6.45, 7) is 2.22. The normalized spacial score (nSPS) is 17.2. The minimum Gasteiger partial charge on any atom is -0.188 e. The molecule has 0 aliphatic heterocycles. The van der Waals surface area contributed by atoms with Gasteiger partial charge in [0.05, 0.1) is 0 Å². The third-order valence-corrected chi connectivity index (χ3v) is 3.42. The Balaban J connectivity index is 2.68. The van der Waals surface area contributed by atoms with E-state index in [0.717, 1.165) is 0 Å². The highest BCUT2D eigenvalue weighted by molar-refractivity contribution is 6.44. The molecule has 1 aliphatic carbocycles. The molecule has 0 radical (unpaired) electrons. The quantitative estimate of drug-likeness (QED) is 0.462. The monoisotopic (exact) mass is 118 g/mol. The Morgan fingerprint density at radius 1 is 1.62 bits per heavy atom. The first kappa shape index (κ1) is 6.37. The van der Waals surface area contributed by atoms with Gasteiger partial charge in [-0.2, -0.15) is 8.76 Å². The summed E-state index contributed by atoms with van der Waals surface area (Å²) < 4.78 is 1.74. The highest BCUT2D eigenvalue weighted by atomic mass is 24.5. The van der Waals surface area contributed by atoms with E-state index in [1.54, 1.807) is 9.28 Å². The first-order valence-corrected chi connectivity index (χ1v) is 5.32. The maximum atomic E-state index is 2.35. The minimum absolute atomic E-state index is 0.160. The first-order valence-electron chi connectivity index (χ1n) is 3.19. The average Bonchev–Trinajstić information content (AvgIpc) is 2.14. The van der Waals surface area contributed by atoms with Crippen LogP contribution >= 0.6 is 0 Å². The largest absolute Gasteiger partial charge is 0.399 e. The topological polar surface area (TPSA) is 0 Å². The van der Waals surface area contributed by atoms with Crippen molar-refractivity contribution in [1.82, 2.24) is 0 Å². The predicted molar refractivity (Wildman–Crippen MR) is 38.1 cm³/mol. The molecule has 0 aromatic rings. The molecule has 0 heterocycles. The summed E-state index contributed by atoms with van der Waals surface area (Å²) >= 11 is 0.160. The molecule has 0 saturated heterocycles. The van der Waals surface area contributed by atoms with E-state index >= 15 is 0 Å². The van der Waals surface area contributed by atoms with Crippen LogP contribution in [0.4, 0.5) is 0 Å². The molecule has 0 aromatic carbocycles. The highest BCUT2D eigenvalue weighted by Gasteiger charge is 2.01. The van der Waals surface area contributed by atoms with Gasteiger partial charge in [-0.3, -0.25) is 0 Å². The van der Waals surface area contributed by atoms with Gasteiger partial charge in [0.25, 0.3) is 0 Å². The van der Waals surface area contributed by atoms with Crippen LogP contribution in [0.15, 0.2) is 21.4 Å². The summed E-state index contributed by atoms with van der Waals surface area (Å²) in [5.41, 5.74) is 1.54. The maximum absolute atomic E-state index is 2.35. The lowest BCUT2D eigenvalue weighted by atomic mass is 10.3. The van der Waals surface area contributed by atoms with Crippen LogP contribution in [0.1, 0.15) is 13.3 Å². The van der Waals surface area contributed by atoms with E-state index in [0.29, 0.717) is 0 Å². The van der Waals surface area contributed by atoms with Crippen LogP contribution in [0.2, 0.25) is 5.05 Å². The zero-order valence-corrected chi connectivity index (χ0v) is 6.98. The fraction of sp³-hybridized carbons (Fsp3) is 0.429. The molecule has 0 unspecified atom stereocenters. The first-order chi connectivity index (χ1) is 3.84. The number of hydrogen-bond acceptors (Lipinski definition) is 0. The molecular formula is C7H10Mg. The molecule has 0 N–H and O–H groups in total. The van der Waals surface area contributed by atoms with Crippen molar-refractivity contribution in [3.63, 3.8) is 0 Å². The summed E-state index contributed by atoms with van der Waals surface area (Å²) in [6.07, 6.45) is 5.77. The van der Waals surface area contributed by atoms with Crippen LogP contribution in [-0.2, 0) is 0 Å². The zero-order valence-electron chi connectivity index (χ0n) is 5.57. The summed E-state index contributed by atoms with van der Waals surface area (Å²) in [5, 5.41) is 2.35. The van der Waals surface area contributed by atoms with Crippen molar-refractivity contribution in [2.45, 2.75) is 18.4 Å². The smallest absolute Gasteiger partial charge is 0.188 e. The molecule has 0 aromatic heterocycles. The third kappa shape index (κ3) is 1.15. The van der Waals surface area contributed by atoms with Crippen molar-refractivity contribution in [2.24, 2.45) is 0 Å². The van der Waals surface area contributed by atoms with Crippen LogP contribution in [0, 0.1) is 0 Å². The van der Waals surface area contributed by atoms with E-state index in [9.17, 15) is 0 Å². The Bertz CT molecular complexity index is 142. The van der Waals surface area contributed by atoms with Crippen LogP contribution in [0.5, 0.6) is 0 Å². The number of rotatable bonds is 1. The second-order valence-corrected chi connectivity index (χ2v) is 3.81. The molecule has 8 heavy (non-hydrogen) atoms. The van der Waals surface area contributed by atoms with Crippen molar-refractivity contribution in [1.29, 1.82) is 0 Å². The Morgan fingerprint density at radius 3 is 2.62 bits per heavy atom. The van der Waals surface area contributed by atoms with Gasteiger partial charge >= 0.3 is 20.4 Å².